The number of unbranched alkanes of at least 4 members (excludes halogenated alkanes) is 15. The van der Waals surface area contributed by atoms with Gasteiger partial charge in [0, 0.05) is 12.8 Å². The van der Waals surface area contributed by atoms with Crippen molar-refractivity contribution in [1.82, 2.24) is 0 Å². The first-order valence-corrected chi connectivity index (χ1v) is 23.5. The highest BCUT2D eigenvalue weighted by atomic mass is 31.2. The maximum Gasteiger partial charge on any atom is 0.306 e. The molecule has 0 spiro atoms. The zero-order valence-corrected chi connectivity index (χ0v) is 37.2. The Balaban J connectivity index is 4.43. The molecule has 0 saturated heterocycles. The Bertz CT molecular complexity index is 1140. The molecular formula is C46H82NO8P. The van der Waals surface area contributed by atoms with Gasteiger partial charge in [0.15, 0.2) is 6.10 Å². The van der Waals surface area contributed by atoms with Crippen LogP contribution < -0.4 is 4.89 Å². The second-order valence-electron chi connectivity index (χ2n) is 15.7. The maximum atomic E-state index is 12.7. The van der Waals surface area contributed by atoms with Gasteiger partial charge in [0.2, 0.25) is 0 Å². The number of ether oxygens (including phenoxy) is 2. The van der Waals surface area contributed by atoms with E-state index in [2.05, 4.69) is 74.6 Å². The smallest absolute Gasteiger partial charge is 0.306 e. The number of carbonyl (C=O) groups excluding carboxylic acids is 2. The zero-order chi connectivity index (χ0) is 41.4. The van der Waals surface area contributed by atoms with E-state index in [0.717, 1.165) is 70.6 Å². The Morgan fingerprint density at radius 1 is 0.571 bits per heavy atom. The van der Waals surface area contributed by atoms with Crippen LogP contribution in [-0.2, 0) is 32.7 Å². The molecule has 0 heterocycles. The lowest BCUT2D eigenvalue weighted by atomic mass is 10.0. The predicted octanol–water partition coefficient (Wildman–Crippen LogP) is 11.8. The molecule has 0 rings (SSSR count). The first-order valence-electron chi connectivity index (χ1n) is 22.0. The number of phosphoric acid groups is 1. The van der Waals surface area contributed by atoms with Crippen molar-refractivity contribution in [2.75, 3.05) is 47.5 Å². The van der Waals surface area contributed by atoms with Crippen molar-refractivity contribution < 1.29 is 42.1 Å². The van der Waals surface area contributed by atoms with Crippen LogP contribution in [0.5, 0.6) is 0 Å². The van der Waals surface area contributed by atoms with Gasteiger partial charge in [-0.1, -0.05) is 158 Å². The lowest BCUT2D eigenvalue weighted by molar-refractivity contribution is -0.870. The van der Waals surface area contributed by atoms with Crippen molar-refractivity contribution in [3.63, 3.8) is 0 Å². The fraction of sp³-hybridized carbons (Fsp3) is 0.739. The van der Waals surface area contributed by atoms with Gasteiger partial charge in [-0.3, -0.25) is 14.2 Å². The summed E-state index contributed by atoms with van der Waals surface area (Å²) >= 11 is 0. The number of esters is 2. The second-order valence-corrected chi connectivity index (χ2v) is 17.1. The Kier molecular flexibility index (Phi) is 36.7. The van der Waals surface area contributed by atoms with Crippen LogP contribution in [0, 0.1) is 0 Å². The van der Waals surface area contributed by atoms with Crippen LogP contribution in [0.25, 0.3) is 0 Å². The number of quaternary nitrogens is 1. The molecular weight excluding hydrogens is 725 g/mol. The van der Waals surface area contributed by atoms with E-state index in [4.69, 9.17) is 18.5 Å². The van der Waals surface area contributed by atoms with Crippen LogP contribution in [0.4, 0.5) is 0 Å². The molecule has 0 aromatic heterocycles. The minimum absolute atomic E-state index is 0.0392. The summed E-state index contributed by atoms with van der Waals surface area (Å²) in [6.45, 7) is 4.06. The summed E-state index contributed by atoms with van der Waals surface area (Å²) in [5.41, 5.74) is 0. The molecule has 0 amide bonds. The third kappa shape index (κ3) is 41.3. The van der Waals surface area contributed by atoms with Crippen molar-refractivity contribution >= 4 is 19.8 Å². The average Bonchev–Trinajstić information content (AvgIpc) is 3.15. The highest BCUT2D eigenvalue weighted by Gasteiger charge is 2.21. The Morgan fingerprint density at radius 3 is 1.52 bits per heavy atom. The molecule has 0 N–H and O–H groups in total. The fourth-order valence-corrected chi connectivity index (χ4v) is 6.35. The van der Waals surface area contributed by atoms with E-state index in [-0.39, 0.29) is 26.1 Å². The molecule has 0 saturated carbocycles. The zero-order valence-electron chi connectivity index (χ0n) is 36.3. The van der Waals surface area contributed by atoms with Gasteiger partial charge in [-0.05, 0) is 57.8 Å². The first-order chi connectivity index (χ1) is 27.0. The van der Waals surface area contributed by atoms with Crippen molar-refractivity contribution in [3.05, 3.63) is 60.8 Å². The van der Waals surface area contributed by atoms with Crippen molar-refractivity contribution in [3.8, 4) is 0 Å². The van der Waals surface area contributed by atoms with Crippen LogP contribution in [0.2, 0.25) is 0 Å². The molecule has 0 fully saturated rings. The normalized spacial score (nSPS) is 14.2. The molecule has 0 bridgehead atoms. The molecule has 0 radical (unpaired) electrons. The third-order valence-corrected chi connectivity index (χ3v) is 10.0. The molecule has 0 aliphatic rings. The van der Waals surface area contributed by atoms with Gasteiger partial charge < -0.3 is 27.9 Å². The summed E-state index contributed by atoms with van der Waals surface area (Å²) in [5, 5.41) is 0. The molecule has 10 heteroatoms. The average molecular weight is 808 g/mol. The van der Waals surface area contributed by atoms with E-state index in [1.54, 1.807) is 0 Å². The number of allylic oxidation sites excluding steroid dienone is 10. The summed E-state index contributed by atoms with van der Waals surface area (Å²) in [5.74, 6) is -0.874. The van der Waals surface area contributed by atoms with E-state index in [0.29, 0.717) is 17.4 Å². The number of likely N-dealkylation sites (N-methyl/N-ethyl adjacent to an activating group) is 1. The van der Waals surface area contributed by atoms with E-state index in [1.165, 1.54) is 64.2 Å². The maximum absolute atomic E-state index is 12.7. The van der Waals surface area contributed by atoms with Gasteiger partial charge in [0.05, 0.1) is 27.7 Å². The summed E-state index contributed by atoms with van der Waals surface area (Å²) in [6, 6.07) is 0. The van der Waals surface area contributed by atoms with Crippen LogP contribution in [0.1, 0.15) is 168 Å². The van der Waals surface area contributed by atoms with Crippen LogP contribution in [0.3, 0.4) is 0 Å². The quantitative estimate of drug-likeness (QED) is 0.0198. The Morgan fingerprint density at radius 2 is 1.02 bits per heavy atom. The Labute approximate surface area is 343 Å². The third-order valence-electron chi connectivity index (χ3n) is 9.05. The highest BCUT2D eigenvalue weighted by molar-refractivity contribution is 7.45. The minimum atomic E-state index is -4.63. The van der Waals surface area contributed by atoms with Crippen molar-refractivity contribution in [2.45, 2.75) is 174 Å². The lowest BCUT2D eigenvalue weighted by Crippen LogP contribution is -2.37. The molecule has 56 heavy (non-hydrogen) atoms. The summed E-state index contributed by atoms with van der Waals surface area (Å²) in [7, 11) is 1.14. The van der Waals surface area contributed by atoms with E-state index >= 15 is 0 Å². The molecule has 2 atom stereocenters. The lowest BCUT2D eigenvalue weighted by Gasteiger charge is -2.28. The largest absolute Gasteiger partial charge is 0.756 e. The van der Waals surface area contributed by atoms with Gasteiger partial charge in [-0.25, -0.2) is 0 Å². The van der Waals surface area contributed by atoms with Gasteiger partial charge in [-0.15, -0.1) is 0 Å². The fourth-order valence-electron chi connectivity index (χ4n) is 5.62. The minimum Gasteiger partial charge on any atom is -0.756 e. The monoisotopic (exact) mass is 808 g/mol. The van der Waals surface area contributed by atoms with Crippen LogP contribution in [-0.4, -0.2) is 70.0 Å². The van der Waals surface area contributed by atoms with Gasteiger partial charge in [0.25, 0.3) is 7.82 Å². The summed E-state index contributed by atoms with van der Waals surface area (Å²) in [6.07, 6.45) is 45.3. The number of carbonyl (C=O) groups is 2. The molecule has 1 unspecified atom stereocenters. The topological polar surface area (TPSA) is 111 Å². The molecule has 9 nitrogen and oxygen atoms in total. The summed E-state index contributed by atoms with van der Waals surface area (Å²) in [4.78, 5) is 37.5. The number of hydrogen-bond acceptors (Lipinski definition) is 8. The Hall–Kier alpha value is -2.29. The van der Waals surface area contributed by atoms with Crippen molar-refractivity contribution in [2.24, 2.45) is 0 Å². The van der Waals surface area contributed by atoms with Gasteiger partial charge in [-0.2, -0.15) is 0 Å². The molecule has 0 aromatic rings. The van der Waals surface area contributed by atoms with Crippen LogP contribution in [0.15, 0.2) is 60.8 Å². The predicted molar refractivity (Wildman–Crippen MR) is 231 cm³/mol. The number of hydrogen-bond donors (Lipinski definition) is 0. The standard InChI is InChI=1S/C46H82NO8P/c1-6-8-10-12-14-16-18-20-21-22-23-24-25-27-29-31-33-35-37-39-46(49)55-44(43-54-56(50,51)53-41-40-47(3,4)5)42-52-45(48)38-36-34-32-30-28-26-19-17-15-13-11-9-7-2/h8,10,14,16,20-21,23-24,27,29,44H,6-7,9,11-13,15,17-19,22,25-26,28,30-43H2,1-5H3/b10-8-,16-14-,21-20-,24-23-,29-27-/t44-/m1/s1. The summed E-state index contributed by atoms with van der Waals surface area (Å²) < 4.78 is 33.8. The van der Waals surface area contributed by atoms with E-state index in [9.17, 15) is 19.0 Å². The number of phosphoric ester groups is 1. The molecule has 0 aliphatic carbocycles. The van der Waals surface area contributed by atoms with Gasteiger partial charge >= 0.3 is 11.9 Å². The number of rotatable bonds is 39. The second kappa shape index (κ2) is 38.2. The highest BCUT2D eigenvalue weighted by Crippen LogP contribution is 2.38. The van der Waals surface area contributed by atoms with Crippen molar-refractivity contribution in [1.29, 1.82) is 0 Å². The first kappa shape index (κ1) is 53.7. The molecule has 0 aliphatic heterocycles. The van der Waals surface area contributed by atoms with Gasteiger partial charge in [0.1, 0.15) is 19.8 Å². The molecule has 324 valence electrons. The van der Waals surface area contributed by atoms with E-state index < -0.39 is 32.5 Å². The van der Waals surface area contributed by atoms with Crippen LogP contribution >= 0.6 is 7.82 Å². The number of nitrogens with zero attached hydrogens (tertiary/aromatic N) is 1. The van der Waals surface area contributed by atoms with E-state index in [1.807, 2.05) is 21.1 Å². The molecule has 0 aromatic carbocycles. The SMILES string of the molecule is CC/C=C\C/C=C\C/C=C\C/C=C\C/C=C\CCCCCC(=O)O[C@H](COC(=O)CCCCCCCCCCCCCCC)COP(=O)([O-])OCC[N+](C)(C)C.